The molecule has 2 aliphatic carbocycles. The van der Waals surface area contributed by atoms with Crippen LogP contribution in [0.5, 0.6) is 0 Å². The lowest BCUT2D eigenvalue weighted by Gasteiger charge is -2.20. The molecule has 2 aliphatic rings. The lowest BCUT2D eigenvalue weighted by Crippen LogP contribution is -2.07. The van der Waals surface area contributed by atoms with Crippen molar-refractivity contribution >= 4 is 40.6 Å². The van der Waals surface area contributed by atoms with Crippen LogP contribution in [0.15, 0.2) is 65.0 Å². The maximum Gasteiger partial charge on any atom is 0.269 e. The van der Waals surface area contributed by atoms with E-state index in [1.165, 1.54) is 75.6 Å². The summed E-state index contributed by atoms with van der Waals surface area (Å²) in [4.78, 5) is 22.8. The molecule has 1 heterocycles. The first-order valence-electron chi connectivity index (χ1n) is 13.6. The molecule has 5 rings (SSSR count). The number of benzene rings is 2. The predicted molar refractivity (Wildman–Crippen MR) is 158 cm³/mol. The Morgan fingerprint density at radius 1 is 0.795 bits per heavy atom. The third-order valence-electron chi connectivity index (χ3n) is 7.42. The van der Waals surface area contributed by atoms with Gasteiger partial charge in [-0.1, -0.05) is 38.5 Å². The van der Waals surface area contributed by atoms with Gasteiger partial charge in [-0.3, -0.25) is 20.2 Å². The van der Waals surface area contributed by atoms with E-state index in [0.29, 0.717) is 10.5 Å². The molecule has 0 bridgehead atoms. The highest BCUT2D eigenvalue weighted by molar-refractivity contribution is 8.02. The summed E-state index contributed by atoms with van der Waals surface area (Å²) >= 11 is 3.66. The molecule has 0 saturated heterocycles. The van der Waals surface area contributed by atoms with Gasteiger partial charge < -0.3 is 0 Å². The highest BCUT2D eigenvalue weighted by Gasteiger charge is 2.22. The van der Waals surface area contributed by atoms with E-state index in [4.69, 9.17) is 5.10 Å². The Kier molecular flexibility index (Phi) is 9.03. The second kappa shape index (κ2) is 12.8. The van der Waals surface area contributed by atoms with Gasteiger partial charge in [-0.05, 0) is 55.4 Å². The Morgan fingerprint density at radius 2 is 1.33 bits per heavy atom. The van der Waals surface area contributed by atoms with Crippen LogP contribution in [0.4, 0.5) is 11.4 Å². The van der Waals surface area contributed by atoms with Crippen LogP contribution in [0.25, 0.3) is 17.0 Å². The summed E-state index contributed by atoms with van der Waals surface area (Å²) in [5.41, 5.74) is 3.47. The lowest BCUT2D eigenvalue weighted by molar-refractivity contribution is -0.385. The van der Waals surface area contributed by atoms with Crippen molar-refractivity contribution in [3.05, 3.63) is 85.9 Å². The molecule has 0 spiro atoms. The van der Waals surface area contributed by atoms with E-state index in [-0.39, 0.29) is 16.3 Å². The Morgan fingerprint density at radius 3 is 1.90 bits per heavy atom. The molecule has 204 valence electrons. The second-order valence-electron chi connectivity index (χ2n) is 10.2. The first-order chi connectivity index (χ1) is 19.0. The Labute approximate surface area is 236 Å². The van der Waals surface area contributed by atoms with E-state index in [2.05, 4.69) is 11.6 Å². The van der Waals surface area contributed by atoms with Gasteiger partial charge in [0.05, 0.1) is 20.4 Å². The third-order valence-corrected chi connectivity index (χ3v) is 10.00. The molecule has 10 heteroatoms. The standard InChI is InChI=1S/C29H32N4O4S2/c34-32(35)23-15-11-21(12-16-23)27(20-38-25-7-3-1-4-8-25)31-19-28(39-26-9-5-2-6-10-26)29(30-31)22-13-17-24(18-14-22)33(36)37/h11-20,25-26H,1-10H2/b27-20-. The molecule has 0 atom stereocenters. The number of thioether (sulfide) groups is 2. The predicted octanol–water partition coefficient (Wildman–Crippen LogP) is 8.70. The molecule has 2 saturated carbocycles. The molecule has 0 amide bonds. The second-order valence-corrected chi connectivity index (χ2v) is 12.7. The van der Waals surface area contributed by atoms with Crippen molar-refractivity contribution in [1.29, 1.82) is 0 Å². The normalized spacial score (nSPS) is 17.3. The van der Waals surface area contributed by atoms with Gasteiger partial charge in [-0.2, -0.15) is 5.10 Å². The van der Waals surface area contributed by atoms with Gasteiger partial charge in [-0.25, -0.2) is 4.68 Å². The van der Waals surface area contributed by atoms with Gasteiger partial charge >= 0.3 is 0 Å². The maximum atomic E-state index is 11.3. The number of aromatic nitrogens is 2. The van der Waals surface area contributed by atoms with Crippen LogP contribution in [-0.2, 0) is 0 Å². The molecule has 0 aliphatic heterocycles. The number of rotatable bonds is 9. The smallest absolute Gasteiger partial charge is 0.258 e. The molecule has 3 aromatic rings. The highest BCUT2D eigenvalue weighted by Crippen LogP contribution is 2.40. The van der Waals surface area contributed by atoms with Crippen LogP contribution in [0.2, 0.25) is 0 Å². The summed E-state index contributed by atoms with van der Waals surface area (Å²) in [6.45, 7) is 0. The zero-order valence-corrected chi connectivity index (χ0v) is 23.4. The van der Waals surface area contributed by atoms with Gasteiger partial charge in [0.15, 0.2) is 0 Å². The van der Waals surface area contributed by atoms with Gasteiger partial charge in [0.1, 0.15) is 5.69 Å². The van der Waals surface area contributed by atoms with Crippen LogP contribution in [-0.4, -0.2) is 30.1 Å². The quantitative estimate of drug-likeness (QED) is 0.189. The first-order valence-corrected chi connectivity index (χ1v) is 15.4. The molecule has 0 radical (unpaired) electrons. The number of hydrogen-bond acceptors (Lipinski definition) is 7. The molecular formula is C29H32N4O4S2. The molecule has 8 nitrogen and oxygen atoms in total. The van der Waals surface area contributed by atoms with Gasteiger partial charge in [0.2, 0.25) is 0 Å². The fourth-order valence-corrected chi connectivity index (χ4v) is 7.77. The van der Waals surface area contributed by atoms with Crippen molar-refractivity contribution in [2.24, 2.45) is 0 Å². The number of non-ortho nitro benzene ring substituents is 2. The Bertz CT molecular complexity index is 1330. The molecule has 0 N–H and O–H groups in total. The molecular weight excluding hydrogens is 532 g/mol. The fourth-order valence-electron chi connectivity index (χ4n) is 5.24. The van der Waals surface area contributed by atoms with Crippen molar-refractivity contribution in [2.45, 2.75) is 79.6 Å². The van der Waals surface area contributed by atoms with E-state index in [0.717, 1.165) is 40.3 Å². The number of hydrogen-bond donors (Lipinski definition) is 0. The number of nitro benzene ring substituents is 2. The SMILES string of the molecule is O=[N+]([O-])c1ccc(/C(=C/SC2CCCCC2)n2cc(SC3CCCCC3)c(-c3ccc([N+](=O)[O-])cc3)n2)cc1. The lowest BCUT2D eigenvalue weighted by atomic mass is 10.0. The van der Waals surface area contributed by atoms with E-state index >= 15 is 0 Å². The Balaban J connectivity index is 1.54. The first kappa shape index (κ1) is 27.5. The summed E-state index contributed by atoms with van der Waals surface area (Å²) < 4.78 is 1.89. The minimum atomic E-state index is -0.391. The largest absolute Gasteiger partial charge is 0.269 e. The average molecular weight is 565 g/mol. The third kappa shape index (κ3) is 6.91. The topological polar surface area (TPSA) is 104 Å². The summed E-state index contributed by atoms with van der Waals surface area (Å²) in [7, 11) is 0. The van der Waals surface area contributed by atoms with Crippen LogP contribution < -0.4 is 0 Å². The highest BCUT2D eigenvalue weighted by atomic mass is 32.2. The molecule has 39 heavy (non-hydrogen) atoms. The fraction of sp³-hybridized carbons (Fsp3) is 0.414. The Hall–Kier alpha value is -3.11. The zero-order chi connectivity index (χ0) is 27.2. The monoisotopic (exact) mass is 564 g/mol. The van der Waals surface area contributed by atoms with Crippen LogP contribution in [0.1, 0.15) is 69.8 Å². The summed E-state index contributed by atoms with van der Waals surface area (Å²) in [6.07, 6.45) is 14.3. The van der Waals surface area contributed by atoms with E-state index in [1.807, 2.05) is 28.2 Å². The van der Waals surface area contributed by atoms with Gasteiger partial charge in [-0.15, -0.1) is 23.5 Å². The molecule has 2 fully saturated rings. The van der Waals surface area contributed by atoms with Crippen molar-refractivity contribution in [3.8, 4) is 11.3 Å². The summed E-state index contributed by atoms with van der Waals surface area (Å²) in [5, 5.41) is 30.7. The van der Waals surface area contributed by atoms with Crippen molar-refractivity contribution in [3.63, 3.8) is 0 Å². The molecule has 1 aromatic heterocycles. The zero-order valence-electron chi connectivity index (χ0n) is 21.7. The summed E-state index contributed by atoms with van der Waals surface area (Å²) in [6, 6.07) is 13.2. The van der Waals surface area contributed by atoms with Crippen molar-refractivity contribution in [2.75, 3.05) is 0 Å². The summed E-state index contributed by atoms with van der Waals surface area (Å²) in [5.74, 6) is 0. The van der Waals surface area contributed by atoms with Crippen LogP contribution in [0.3, 0.4) is 0 Å². The molecule has 2 aromatic carbocycles. The minimum Gasteiger partial charge on any atom is -0.258 e. The van der Waals surface area contributed by atoms with E-state index in [9.17, 15) is 20.2 Å². The van der Waals surface area contributed by atoms with Crippen molar-refractivity contribution in [1.82, 2.24) is 9.78 Å². The van der Waals surface area contributed by atoms with E-state index < -0.39 is 4.92 Å². The maximum absolute atomic E-state index is 11.3. The average Bonchev–Trinajstić information content (AvgIpc) is 3.37. The molecule has 0 unspecified atom stereocenters. The van der Waals surface area contributed by atoms with Crippen molar-refractivity contribution < 1.29 is 9.85 Å². The van der Waals surface area contributed by atoms with Gasteiger partial charge in [0, 0.05) is 52.1 Å². The van der Waals surface area contributed by atoms with Crippen LogP contribution >= 0.6 is 23.5 Å². The number of nitro groups is 2. The number of nitrogens with zero attached hydrogens (tertiary/aromatic N) is 4. The van der Waals surface area contributed by atoms with Gasteiger partial charge in [0.25, 0.3) is 11.4 Å². The van der Waals surface area contributed by atoms with Crippen LogP contribution in [0, 0.1) is 20.2 Å². The van der Waals surface area contributed by atoms with E-state index in [1.54, 1.807) is 24.3 Å². The minimum absolute atomic E-state index is 0.0509.